The summed E-state index contributed by atoms with van der Waals surface area (Å²) in [4.78, 5) is 26.5. The minimum absolute atomic E-state index is 0.0672. The number of anilines is 2. The number of hydrogen-bond donors (Lipinski definition) is 1. The van der Waals surface area contributed by atoms with Crippen molar-refractivity contribution in [2.24, 2.45) is 5.92 Å². The van der Waals surface area contributed by atoms with Crippen LogP contribution in [0.1, 0.15) is 34.9 Å². The molecule has 5 heteroatoms. The predicted octanol–water partition coefficient (Wildman–Crippen LogP) is 4.43. The molecule has 2 aliphatic rings. The number of carbonyl (C=O) groups excluding carboxylic acids is 2. The van der Waals surface area contributed by atoms with Crippen LogP contribution in [0.5, 0.6) is 0 Å². The first-order valence-corrected chi connectivity index (χ1v) is 9.99. The van der Waals surface area contributed by atoms with Crippen molar-refractivity contribution in [2.45, 2.75) is 32.1 Å². The molecule has 2 fully saturated rings. The predicted molar refractivity (Wildman–Crippen MR) is 106 cm³/mol. The Morgan fingerprint density at radius 3 is 2.65 bits per heavy atom. The Morgan fingerprint density at radius 1 is 1.12 bits per heavy atom. The zero-order chi connectivity index (χ0) is 18.3. The molecule has 0 bridgehead atoms. The SMILES string of the molecule is Cc1ccc(N2C(=O)CS[C@@H]2c2cccc(NC(=O)C3CC3)c2)cc1C. The quantitative estimate of drug-likeness (QED) is 0.871. The number of thioether (sulfide) groups is 1. The normalized spacial score (nSPS) is 19.7. The zero-order valence-electron chi connectivity index (χ0n) is 15.0. The summed E-state index contributed by atoms with van der Waals surface area (Å²) in [5.41, 5.74) is 5.17. The van der Waals surface area contributed by atoms with E-state index in [0.717, 1.165) is 29.8 Å². The molecule has 2 aromatic carbocycles. The average molecular weight is 366 g/mol. The molecule has 0 spiro atoms. The van der Waals surface area contributed by atoms with Gasteiger partial charge in [-0.25, -0.2) is 0 Å². The van der Waals surface area contributed by atoms with Gasteiger partial charge in [0.25, 0.3) is 0 Å². The van der Waals surface area contributed by atoms with Crippen LogP contribution >= 0.6 is 11.8 Å². The number of nitrogens with zero attached hydrogens (tertiary/aromatic N) is 1. The monoisotopic (exact) mass is 366 g/mol. The third kappa shape index (κ3) is 3.36. The molecule has 1 N–H and O–H groups in total. The van der Waals surface area contributed by atoms with Gasteiger partial charge < -0.3 is 5.32 Å². The molecule has 0 radical (unpaired) electrons. The van der Waals surface area contributed by atoms with Gasteiger partial charge in [0.1, 0.15) is 5.37 Å². The molecule has 1 saturated carbocycles. The summed E-state index contributed by atoms with van der Waals surface area (Å²) < 4.78 is 0. The van der Waals surface area contributed by atoms with Crippen molar-refractivity contribution in [2.75, 3.05) is 16.0 Å². The van der Waals surface area contributed by atoms with Gasteiger partial charge in [0.15, 0.2) is 0 Å². The second-order valence-electron chi connectivity index (χ2n) is 7.08. The van der Waals surface area contributed by atoms with Gasteiger partial charge in [-0.3, -0.25) is 14.5 Å². The molecule has 0 unspecified atom stereocenters. The van der Waals surface area contributed by atoms with Gasteiger partial charge in [0.2, 0.25) is 11.8 Å². The summed E-state index contributed by atoms with van der Waals surface area (Å²) >= 11 is 1.63. The van der Waals surface area contributed by atoms with E-state index >= 15 is 0 Å². The van der Waals surface area contributed by atoms with Gasteiger partial charge in [-0.2, -0.15) is 0 Å². The van der Waals surface area contributed by atoms with E-state index in [-0.39, 0.29) is 23.1 Å². The zero-order valence-corrected chi connectivity index (χ0v) is 15.8. The lowest BCUT2D eigenvalue weighted by Crippen LogP contribution is -2.28. The van der Waals surface area contributed by atoms with Gasteiger partial charge in [0, 0.05) is 17.3 Å². The molecule has 134 valence electrons. The van der Waals surface area contributed by atoms with E-state index in [1.54, 1.807) is 11.8 Å². The van der Waals surface area contributed by atoms with E-state index in [1.807, 2.05) is 35.2 Å². The fourth-order valence-electron chi connectivity index (χ4n) is 3.19. The van der Waals surface area contributed by atoms with Gasteiger partial charge in [-0.05, 0) is 67.6 Å². The second kappa shape index (κ2) is 6.80. The summed E-state index contributed by atoms with van der Waals surface area (Å²) in [6.45, 7) is 4.14. The molecule has 4 nitrogen and oxygen atoms in total. The maximum Gasteiger partial charge on any atom is 0.238 e. The van der Waals surface area contributed by atoms with Crippen LogP contribution in [-0.4, -0.2) is 17.6 Å². The lowest BCUT2D eigenvalue weighted by atomic mass is 10.1. The molecule has 1 atom stereocenters. The number of carbonyl (C=O) groups is 2. The minimum Gasteiger partial charge on any atom is -0.326 e. The van der Waals surface area contributed by atoms with Crippen LogP contribution < -0.4 is 10.2 Å². The lowest BCUT2D eigenvalue weighted by Gasteiger charge is -2.25. The highest BCUT2D eigenvalue weighted by atomic mass is 32.2. The number of hydrogen-bond acceptors (Lipinski definition) is 3. The molecular formula is C21H22N2O2S. The average Bonchev–Trinajstić information content (AvgIpc) is 3.40. The van der Waals surface area contributed by atoms with Gasteiger partial charge in [-0.15, -0.1) is 11.8 Å². The fraction of sp³-hybridized carbons (Fsp3) is 0.333. The van der Waals surface area contributed by atoms with E-state index in [0.29, 0.717) is 5.75 Å². The molecule has 1 aliphatic carbocycles. The summed E-state index contributed by atoms with van der Waals surface area (Å²) in [7, 11) is 0. The second-order valence-corrected chi connectivity index (χ2v) is 8.15. The van der Waals surface area contributed by atoms with Gasteiger partial charge in [0.05, 0.1) is 5.75 Å². The molecule has 1 saturated heterocycles. The summed E-state index contributed by atoms with van der Waals surface area (Å²) in [6, 6.07) is 14.0. The van der Waals surface area contributed by atoms with Gasteiger partial charge in [-0.1, -0.05) is 18.2 Å². The van der Waals surface area contributed by atoms with Gasteiger partial charge >= 0.3 is 0 Å². The maximum absolute atomic E-state index is 12.6. The maximum atomic E-state index is 12.6. The van der Waals surface area contributed by atoms with E-state index in [9.17, 15) is 9.59 Å². The summed E-state index contributed by atoms with van der Waals surface area (Å²) in [5.74, 6) is 0.864. The summed E-state index contributed by atoms with van der Waals surface area (Å²) in [5, 5.41) is 2.93. The minimum atomic E-state index is -0.0672. The highest BCUT2D eigenvalue weighted by Gasteiger charge is 2.34. The van der Waals surface area contributed by atoms with Crippen molar-refractivity contribution in [1.29, 1.82) is 0 Å². The first-order chi connectivity index (χ1) is 12.5. The van der Waals surface area contributed by atoms with Crippen molar-refractivity contribution in [3.63, 3.8) is 0 Å². The molecule has 1 heterocycles. The van der Waals surface area contributed by atoms with Crippen LogP contribution in [0, 0.1) is 19.8 Å². The molecule has 0 aromatic heterocycles. The Hall–Kier alpha value is -2.27. The number of aryl methyl sites for hydroxylation is 2. The van der Waals surface area contributed by atoms with E-state index < -0.39 is 0 Å². The van der Waals surface area contributed by atoms with Crippen molar-refractivity contribution >= 4 is 35.0 Å². The van der Waals surface area contributed by atoms with Crippen LogP contribution in [0.15, 0.2) is 42.5 Å². The van der Waals surface area contributed by atoms with E-state index in [1.165, 1.54) is 11.1 Å². The van der Waals surface area contributed by atoms with Crippen LogP contribution in [0.3, 0.4) is 0 Å². The number of rotatable bonds is 4. The summed E-state index contributed by atoms with van der Waals surface area (Å²) in [6.07, 6.45) is 1.97. The van der Waals surface area contributed by atoms with E-state index in [2.05, 4.69) is 31.3 Å². The smallest absolute Gasteiger partial charge is 0.238 e. The Morgan fingerprint density at radius 2 is 1.92 bits per heavy atom. The van der Waals surface area contributed by atoms with Crippen molar-refractivity contribution in [3.05, 3.63) is 59.2 Å². The van der Waals surface area contributed by atoms with Crippen LogP contribution in [0.25, 0.3) is 0 Å². The number of nitrogens with one attached hydrogen (secondary N) is 1. The van der Waals surface area contributed by atoms with Crippen molar-refractivity contribution < 1.29 is 9.59 Å². The Balaban J connectivity index is 1.62. The first-order valence-electron chi connectivity index (χ1n) is 8.94. The molecule has 1 aliphatic heterocycles. The third-order valence-electron chi connectivity index (χ3n) is 5.02. The Kier molecular flexibility index (Phi) is 4.49. The van der Waals surface area contributed by atoms with Crippen LogP contribution in [0.4, 0.5) is 11.4 Å². The first kappa shape index (κ1) is 17.2. The third-order valence-corrected chi connectivity index (χ3v) is 6.24. The molecule has 2 aromatic rings. The highest BCUT2D eigenvalue weighted by Crippen LogP contribution is 2.42. The van der Waals surface area contributed by atoms with Crippen molar-refractivity contribution in [3.8, 4) is 0 Å². The van der Waals surface area contributed by atoms with Crippen LogP contribution in [0.2, 0.25) is 0 Å². The highest BCUT2D eigenvalue weighted by molar-refractivity contribution is 8.00. The molecule has 26 heavy (non-hydrogen) atoms. The standard InChI is InChI=1S/C21H22N2O2S/c1-13-6-9-18(10-14(13)2)23-19(24)12-26-21(23)16-4-3-5-17(11-16)22-20(25)15-7-8-15/h3-6,9-11,15,21H,7-8,12H2,1-2H3,(H,22,25)/t21-/m1/s1. The van der Waals surface area contributed by atoms with Crippen LogP contribution in [-0.2, 0) is 9.59 Å². The molecule has 2 amide bonds. The topological polar surface area (TPSA) is 49.4 Å². The largest absolute Gasteiger partial charge is 0.326 e. The van der Waals surface area contributed by atoms with E-state index in [4.69, 9.17) is 0 Å². The number of benzene rings is 2. The Bertz CT molecular complexity index is 876. The number of amides is 2. The van der Waals surface area contributed by atoms with Crippen molar-refractivity contribution in [1.82, 2.24) is 0 Å². The lowest BCUT2D eigenvalue weighted by molar-refractivity contribution is -0.117. The molecule has 4 rings (SSSR count). The fourth-order valence-corrected chi connectivity index (χ4v) is 4.35. The Labute approximate surface area is 158 Å². The molecular weight excluding hydrogens is 344 g/mol.